The van der Waals surface area contributed by atoms with Gasteiger partial charge in [-0.05, 0) is 47.0 Å². The number of hydrogen-bond acceptors (Lipinski definition) is 5. The largest absolute Gasteiger partial charge is 0.493 e. The fourth-order valence-electron chi connectivity index (χ4n) is 3.16. The molecule has 6 heteroatoms. The average Bonchev–Trinajstić information content (AvgIpc) is 2.72. The fraction of sp³-hybridized carbons (Fsp3) is 0.227. The molecule has 0 saturated heterocycles. The Kier molecular flexibility index (Phi) is 5.70. The van der Waals surface area contributed by atoms with E-state index in [0.29, 0.717) is 29.2 Å². The molecule has 1 aliphatic rings. The van der Waals surface area contributed by atoms with Crippen LogP contribution in [-0.4, -0.2) is 37.0 Å². The zero-order chi connectivity index (χ0) is 20.1. The molecule has 0 amide bonds. The van der Waals surface area contributed by atoms with E-state index in [9.17, 15) is 9.90 Å². The van der Waals surface area contributed by atoms with Crippen molar-refractivity contribution >= 4 is 11.5 Å². The predicted molar refractivity (Wildman–Crippen MR) is 105 cm³/mol. The van der Waals surface area contributed by atoms with Gasteiger partial charge >= 0.3 is 5.97 Å². The Balaban J connectivity index is 1.86. The minimum Gasteiger partial charge on any atom is -0.493 e. The van der Waals surface area contributed by atoms with Crippen LogP contribution in [0.2, 0.25) is 0 Å². The molecule has 0 radical (unpaired) electrons. The van der Waals surface area contributed by atoms with Gasteiger partial charge < -0.3 is 24.4 Å². The lowest BCUT2D eigenvalue weighted by atomic mass is 9.81. The molecule has 0 saturated carbocycles. The third kappa shape index (κ3) is 4.18. The van der Waals surface area contributed by atoms with E-state index < -0.39 is 18.2 Å². The zero-order valence-electron chi connectivity index (χ0n) is 15.7. The normalized spacial score (nSPS) is 18.3. The summed E-state index contributed by atoms with van der Waals surface area (Å²) in [7, 11) is 3.16. The second-order valence-corrected chi connectivity index (χ2v) is 6.43. The van der Waals surface area contributed by atoms with E-state index in [2.05, 4.69) is 0 Å². The number of aliphatic hydroxyl groups is 1. The van der Waals surface area contributed by atoms with Crippen LogP contribution < -0.4 is 14.2 Å². The van der Waals surface area contributed by atoms with E-state index in [0.717, 1.165) is 11.1 Å². The highest BCUT2D eigenvalue weighted by atomic mass is 16.5. The van der Waals surface area contributed by atoms with Gasteiger partial charge in [0.15, 0.2) is 18.1 Å². The second-order valence-electron chi connectivity index (χ2n) is 6.43. The summed E-state index contributed by atoms with van der Waals surface area (Å²) in [5, 5.41) is 20.0. The Morgan fingerprint density at radius 3 is 2.61 bits per heavy atom. The number of methoxy groups -OCH3 is 2. The van der Waals surface area contributed by atoms with Gasteiger partial charge in [0.05, 0.1) is 14.2 Å². The summed E-state index contributed by atoms with van der Waals surface area (Å²) in [4.78, 5) is 10.7. The zero-order valence-corrected chi connectivity index (χ0v) is 15.7. The highest BCUT2D eigenvalue weighted by Crippen LogP contribution is 2.40. The Morgan fingerprint density at radius 2 is 1.89 bits per heavy atom. The molecule has 1 atom stereocenters. The van der Waals surface area contributed by atoms with Gasteiger partial charge in [-0.15, -0.1) is 0 Å². The van der Waals surface area contributed by atoms with Crippen LogP contribution in [0.3, 0.4) is 0 Å². The molecule has 2 aromatic rings. The SMILES string of the molecule is COc1ccc(C2=CC=C[C@@](O)(c3cccc(OCC(=O)O)c3)C2)cc1OC. The summed E-state index contributed by atoms with van der Waals surface area (Å²) in [5.41, 5.74) is 1.24. The topological polar surface area (TPSA) is 85.2 Å². The summed E-state index contributed by atoms with van der Waals surface area (Å²) < 4.78 is 15.9. The van der Waals surface area contributed by atoms with Gasteiger partial charge in [0.1, 0.15) is 11.4 Å². The molecule has 0 heterocycles. The van der Waals surface area contributed by atoms with Crippen LogP contribution in [0.25, 0.3) is 5.57 Å². The number of aliphatic carboxylic acids is 1. The van der Waals surface area contributed by atoms with Gasteiger partial charge in [-0.2, -0.15) is 0 Å². The summed E-state index contributed by atoms with van der Waals surface area (Å²) in [6, 6.07) is 12.4. The number of allylic oxidation sites excluding steroid dienone is 2. The maximum absolute atomic E-state index is 11.2. The molecule has 0 aliphatic heterocycles. The Morgan fingerprint density at radius 1 is 1.11 bits per heavy atom. The smallest absolute Gasteiger partial charge is 0.341 e. The molecule has 6 nitrogen and oxygen atoms in total. The van der Waals surface area contributed by atoms with Crippen molar-refractivity contribution in [2.45, 2.75) is 12.0 Å². The highest BCUT2D eigenvalue weighted by molar-refractivity contribution is 5.72. The van der Waals surface area contributed by atoms with Gasteiger partial charge in [0.2, 0.25) is 0 Å². The molecule has 146 valence electrons. The maximum Gasteiger partial charge on any atom is 0.341 e. The van der Waals surface area contributed by atoms with Crippen molar-refractivity contribution in [3.05, 3.63) is 71.8 Å². The summed E-state index contributed by atoms with van der Waals surface area (Å²) in [5.74, 6) is 0.587. The number of carboxylic acid groups (broad SMARTS) is 1. The van der Waals surface area contributed by atoms with Crippen molar-refractivity contribution in [3.8, 4) is 17.2 Å². The van der Waals surface area contributed by atoms with Gasteiger partial charge in [0.25, 0.3) is 0 Å². The Hall–Kier alpha value is -3.25. The molecule has 2 N–H and O–H groups in total. The molecule has 3 rings (SSSR count). The van der Waals surface area contributed by atoms with Crippen molar-refractivity contribution in [1.29, 1.82) is 0 Å². The molecule has 1 aliphatic carbocycles. The first-order valence-corrected chi connectivity index (χ1v) is 8.73. The third-order valence-electron chi connectivity index (χ3n) is 4.58. The van der Waals surface area contributed by atoms with Gasteiger partial charge in [-0.3, -0.25) is 0 Å². The van der Waals surface area contributed by atoms with Crippen molar-refractivity contribution in [3.63, 3.8) is 0 Å². The fourth-order valence-corrected chi connectivity index (χ4v) is 3.16. The molecule has 0 fully saturated rings. The van der Waals surface area contributed by atoms with E-state index in [1.165, 1.54) is 0 Å². The molecule has 0 aromatic heterocycles. The number of carbonyl (C=O) groups is 1. The van der Waals surface area contributed by atoms with Crippen molar-refractivity contribution in [2.24, 2.45) is 0 Å². The van der Waals surface area contributed by atoms with Crippen molar-refractivity contribution in [2.75, 3.05) is 20.8 Å². The molecular weight excluding hydrogens is 360 g/mol. The van der Waals surface area contributed by atoms with E-state index in [1.54, 1.807) is 50.6 Å². The molecular formula is C22H22O6. The lowest BCUT2D eigenvalue weighted by Gasteiger charge is -2.29. The quantitative estimate of drug-likeness (QED) is 0.763. The van der Waals surface area contributed by atoms with E-state index in [1.807, 2.05) is 24.3 Å². The Bertz CT molecular complexity index is 930. The van der Waals surface area contributed by atoms with Crippen LogP contribution in [0.5, 0.6) is 17.2 Å². The third-order valence-corrected chi connectivity index (χ3v) is 4.58. The monoisotopic (exact) mass is 382 g/mol. The summed E-state index contributed by atoms with van der Waals surface area (Å²) >= 11 is 0. The molecule has 28 heavy (non-hydrogen) atoms. The first-order valence-electron chi connectivity index (χ1n) is 8.73. The Labute approximate surface area is 163 Å². The lowest BCUT2D eigenvalue weighted by Crippen LogP contribution is -2.25. The van der Waals surface area contributed by atoms with Crippen LogP contribution in [0.1, 0.15) is 17.5 Å². The summed E-state index contributed by atoms with van der Waals surface area (Å²) in [6.07, 6.45) is 5.82. The van der Waals surface area contributed by atoms with Gasteiger partial charge in [0, 0.05) is 6.42 Å². The summed E-state index contributed by atoms with van der Waals surface area (Å²) in [6.45, 7) is -0.436. The minimum absolute atomic E-state index is 0.349. The second kappa shape index (κ2) is 8.19. The molecule has 0 bridgehead atoms. The highest BCUT2D eigenvalue weighted by Gasteiger charge is 2.30. The lowest BCUT2D eigenvalue weighted by molar-refractivity contribution is -0.139. The average molecular weight is 382 g/mol. The standard InChI is InChI=1S/C22H22O6/c1-26-19-9-8-15(11-20(19)27-2)16-5-4-10-22(25,13-16)17-6-3-7-18(12-17)28-14-21(23)24/h3-12,25H,13-14H2,1-2H3,(H,23,24)/t22-/m0/s1. The van der Waals surface area contributed by atoms with E-state index in [4.69, 9.17) is 19.3 Å². The van der Waals surface area contributed by atoms with Crippen LogP contribution in [-0.2, 0) is 10.4 Å². The first kappa shape index (κ1) is 19.5. The van der Waals surface area contributed by atoms with Gasteiger partial charge in [-0.1, -0.05) is 30.4 Å². The van der Waals surface area contributed by atoms with Crippen LogP contribution in [0.15, 0.2) is 60.7 Å². The van der Waals surface area contributed by atoms with E-state index in [-0.39, 0.29) is 0 Å². The number of benzene rings is 2. The maximum atomic E-state index is 11.2. The predicted octanol–water partition coefficient (Wildman–Crippen LogP) is 3.40. The van der Waals surface area contributed by atoms with Gasteiger partial charge in [-0.25, -0.2) is 4.79 Å². The number of rotatable bonds is 7. The molecule has 2 aromatic carbocycles. The number of hydrogen-bond donors (Lipinski definition) is 2. The van der Waals surface area contributed by atoms with Crippen molar-refractivity contribution in [1.82, 2.24) is 0 Å². The molecule has 0 spiro atoms. The number of carboxylic acids is 1. The minimum atomic E-state index is -1.24. The van der Waals surface area contributed by atoms with Crippen LogP contribution in [0.4, 0.5) is 0 Å². The van der Waals surface area contributed by atoms with Crippen LogP contribution >= 0.6 is 0 Å². The molecule has 0 unspecified atom stereocenters. The van der Waals surface area contributed by atoms with E-state index >= 15 is 0 Å². The van der Waals surface area contributed by atoms with Crippen molar-refractivity contribution < 1.29 is 29.2 Å². The number of ether oxygens (including phenoxy) is 3. The van der Waals surface area contributed by atoms with Crippen LogP contribution in [0, 0.1) is 0 Å². The first-order chi connectivity index (χ1) is 13.4.